The van der Waals surface area contributed by atoms with E-state index in [1.165, 1.54) is 14.0 Å². The van der Waals surface area contributed by atoms with Crippen LogP contribution in [0.4, 0.5) is 0 Å². The lowest BCUT2D eigenvalue weighted by Crippen LogP contribution is -2.46. The van der Waals surface area contributed by atoms with E-state index < -0.39 is 17.9 Å². The highest BCUT2D eigenvalue weighted by Crippen LogP contribution is 1.98. The van der Waals surface area contributed by atoms with Crippen LogP contribution in [0.25, 0.3) is 0 Å². The molecule has 0 bridgehead atoms. The van der Waals surface area contributed by atoms with Crippen LogP contribution in [0.1, 0.15) is 17.3 Å². The predicted octanol–water partition coefficient (Wildman–Crippen LogP) is 0.0941. The summed E-state index contributed by atoms with van der Waals surface area (Å²) in [5, 5.41) is 4.90. The number of carbonyl (C=O) groups excluding carboxylic acids is 3. The highest BCUT2D eigenvalue weighted by atomic mass is 16.5. The maximum atomic E-state index is 11.8. The molecule has 6 heteroatoms. The van der Waals surface area contributed by atoms with Crippen molar-refractivity contribution in [2.45, 2.75) is 13.0 Å². The zero-order valence-corrected chi connectivity index (χ0v) is 10.8. The Hall–Kier alpha value is -2.37. The number of rotatable bonds is 5. The van der Waals surface area contributed by atoms with E-state index in [9.17, 15) is 14.4 Å². The van der Waals surface area contributed by atoms with Crippen LogP contribution in [0.2, 0.25) is 0 Å². The van der Waals surface area contributed by atoms with Gasteiger partial charge in [-0.05, 0) is 19.1 Å². The Morgan fingerprint density at radius 1 is 1.21 bits per heavy atom. The van der Waals surface area contributed by atoms with E-state index in [0.717, 1.165) is 0 Å². The maximum Gasteiger partial charge on any atom is 0.325 e. The number of hydrogen-bond donors (Lipinski definition) is 2. The van der Waals surface area contributed by atoms with Crippen molar-refractivity contribution in [1.82, 2.24) is 10.6 Å². The Morgan fingerprint density at radius 2 is 1.84 bits per heavy atom. The molecular weight excluding hydrogens is 248 g/mol. The summed E-state index contributed by atoms with van der Waals surface area (Å²) in [5.41, 5.74) is 0.468. The Bertz CT molecular complexity index is 459. The molecule has 1 atom stereocenters. The van der Waals surface area contributed by atoms with Gasteiger partial charge in [0.05, 0.1) is 7.11 Å². The summed E-state index contributed by atoms with van der Waals surface area (Å²) in [5.74, 6) is -1.34. The molecule has 6 nitrogen and oxygen atoms in total. The van der Waals surface area contributed by atoms with Gasteiger partial charge in [-0.3, -0.25) is 14.4 Å². The maximum absolute atomic E-state index is 11.8. The second-order valence-electron chi connectivity index (χ2n) is 3.86. The molecule has 0 aromatic heterocycles. The van der Waals surface area contributed by atoms with Gasteiger partial charge in [0, 0.05) is 5.56 Å². The summed E-state index contributed by atoms with van der Waals surface area (Å²) in [4.78, 5) is 34.2. The quantitative estimate of drug-likeness (QED) is 0.738. The van der Waals surface area contributed by atoms with Crippen molar-refractivity contribution in [3.8, 4) is 0 Å². The molecule has 0 spiro atoms. The molecule has 0 fully saturated rings. The minimum atomic E-state index is -0.739. The number of carbonyl (C=O) groups is 3. The highest BCUT2D eigenvalue weighted by Gasteiger charge is 2.16. The highest BCUT2D eigenvalue weighted by molar-refractivity contribution is 5.97. The van der Waals surface area contributed by atoms with Crippen LogP contribution in [0, 0.1) is 0 Å². The molecule has 0 saturated carbocycles. The van der Waals surface area contributed by atoms with Crippen LogP contribution < -0.4 is 10.6 Å². The van der Waals surface area contributed by atoms with E-state index in [-0.39, 0.29) is 12.5 Å². The van der Waals surface area contributed by atoms with Gasteiger partial charge in [-0.1, -0.05) is 18.2 Å². The lowest BCUT2D eigenvalue weighted by Gasteiger charge is -2.13. The molecule has 19 heavy (non-hydrogen) atoms. The third kappa shape index (κ3) is 4.79. The van der Waals surface area contributed by atoms with Gasteiger partial charge in [0.2, 0.25) is 5.91 Å². The average Bonchev–Trinajstić information content (AvgIpc) is 2.44. The fraction of sp³-hybridized carbons (Fsp3) is 0.308. The van der Waals surface area contributed by atoms with Crippen LogP contribution in [-0.2, 0) is 14.3 Å². The molecule has 0 saturated heterocycles. The summed E-state index contributed by atoms with van der Waals surface area (Å²) in [7, 11) is 1.23. The van der Waals surface area contributed by atoms with Gasteiger partial charge in [-0.25, -0.2) is 0 Å². The molecule has 1 aromatic rings. The number of benzene rings is 1. The van der Waals surface area contributed by atoms with E-state index in [0.29, 0.717) is 5.56 Å². The Morgan fingerprint density at radius 3 is 2.42 bits per heavy atom. The van der Waals surface area contributed by atoms with Crippen molar-refractivity contribution < 1.29 is 19.1 Å². The fourth-order valence-corrected chi connectivity index (χ4v) is 1.32. The summed E-state index contributed by atoms with van der Waals surface area (Å²) < 4.78 is 4.39. The molecule has 0 aliphatic rings. The predicted molar refractivity (Wildman–Crippen MR) is 68.4 cm³/mol. The summed E-state index contributed by atoms with van der Waals surface area (Å²) in [6.07, 6.45) is 0. The minimum absolute atomic E-state index is 0.221. The first-order chi connectivity index (χ1) is 9.04. The molecule has 0 radical (unpaired) electrons. The van der Waals surface area contributed by atoms with E-state index in [2.05, 4.69) is 15.4 Å². The SMILES string of the molecule is COC(=O)CNC(=O)[C@H](C)NC(=O)c1ccccc1. The van der Waals surface area contributed by atoms with Crippen molar-refractivity contribution in [1.29, 1.82) is 0 Å². The van der Waals surface area contributed by atoms with Gasteiger partial charge in [-0.15, -0.1) is 0 Å². The van der Waals surface area contributed by atoms with Gasteiger partial charge in [-0.2, -0.15) is 0 Å². The average molecular weight is 264 g/mol. The lowest BCUT2D eigenvalue weighted by atomic mass is 10.2. The van der Waals surface area contributed by atoms with E-state index in [4.69, 9.17) is 0 Å². The Labute approximate surface area is 111 Å². The monoisotopic (exact) mass is 264 g/mol. The van der Waals surface area contributed by atoms with Crippen molar-refractivity contribution >= 4 is 17.8 Å². The zero-order valence-electron chi connectivity index (χ0n) is 10.8. The summed E-state index contributed by atoms with van der Waals surface area (Å²) >= 11 is 0. The van der Waals surface area contributed by atoms with Crippen LogP contribution in [0.5, 0.6) is 0 Å². The molecule has 1 rings (SSSR count). The van der Waals surface area contributed by atoms with Crippen LogP contribution in [0.3, 0.4) is 0 Å². The third-order valence-corrected chi connectivity index (χ3v) is 2.41. The zero-order chi connectivity index (χ0) is 14.3. The smallest absolute Gasteiger partial charge is 0.325 e. The number of nitrogens with one attached hydrogen (secondary N) is 2. The van der Waals surface area contributed by atoms with Crippen LogP contribution >= 0.6 is 0 Å². The molecule has 102 valence electrons. The molecule has 0 unspecified atom stereocenters. The van der Waals surface area contributed by atoms with Crippen molar-refractivity contribution in [2.24, 2.45) is 0 Å². The number of amides is 2. The van der Waals surface area contributed by atoms with E-state index >= 15 is 0 Å². The minimum Gasteiger partial charge on any atom is -0.468 e. The first-order valence-electron chi connectivity index (χ1n) is 5.75. The molecular formula is C13H16N2O4. The van der Waals surface area contributed by atoms with Crippen molar-refractivity contribution in [3.63, 3.8) is 0 Å². The lowest BCUT2D eigenvalue weighted by molar-refractivity contribution is -0.141. The third-order valence-electron chi connectivity index (χ3n) is 2.41. The molecule has 0 aliphatic heterocycles. The van der Waals surface area contributed by atoms with Crippen molar-refractivity contribution in [3.05, 3.63) is 35.9 Å². The second-order valence-corrected chi connectivity index (χ2v) is 3.86. The topological polar surface area (TPSA) is 84.5 Å². The van der Waals surface area contributed by atoms with Gasteiger partial charge in [0.1, 0.15) is 12.6 Å². The molecule has 0 aliphatic carbocycles. The van der Waals surface area contributed by atoms with Gasteiger partial charge in [0.25, 0.3) is 5.91 Å². The fourth-order valence-electron chi connectivity index (χ4n) is 1.32. The number of ether oxygens (including phenoxy) is 1. The number of hydrogen-bond acceptors (Lipinski definition) is 4. The largest absolute Gasteiger partial charge is 0.468 e. The first kappa shape index (κ1) is 14.7. The normalized spacial score (nSPS) is 11.3. The second kappa shape index (κ2) is 7.15. The first-order valence-corrected chi connectivity index (χ1v) is 5.75. The molecule has 0 heterocycles. The van der Waals surface area contributed by atoms with Gasteiger partial charge in [0.15, 0.2) is 0 Å². The number of methoxy groups -OCH3 is 1. The standard InChI is InChI=1S/C13H16N2O4/c1-9(12(17)14-8-11(16)19-2)15-13(18)10-6-4-3-5-7-10/h3-7,9H,8H2,1-2H3,(H,14,17)(H,15,18)/t9-/m0/s1. The molecule has 2 amide bonds. The summed E-state index contributed by atoms with van der Waals surface area (Å²) in [6.45, 7) is 1.31. The molecule has 1 aromatic carbocycles. The Kier molecular flexibility index (Phi) is 5.53. The van der Waals surface area contributed by atoms with Crippen LogP contribution in [-0.4, -0.2) is 37.5 Å². The van der Waals surface area contributed by atoms with E-state index in [1.54, 1.807) is 30.3 Å². The summed E-state index contributed by atoms with van der Waals surface area (Å²) in [6, 6.07) is 7.82. The Balaban J connectivity index is 2.46. The van der Waals surface area contributed by atoms with Gasteiger partial charge >= 0.3 is 5.97 Å². The van der Waals surface area contributed by atoms with Crippen molar-refractivity contribution in [2.75, 3.05) is 13.7 Å². The number of esters is 1. The van der Waals surface area contributed by atoms with E-state index in [1.807, 2.05) is 0 Å². The molecule has 2 N–H and O–H groups in total. The van der Waals surface area contributed by atoms with Crippen LogP contribution in [0.15, 0.2) is 30.3 Å². The van der Waals surface area contributed by atoms with Gasteiger partial charge < -0.3 is 15.4 Å².